The van der Waals surface area contributed by atoms with Crippen molar-refractivity contribution in [2.24, 2.45) is 5.10 Å². The number of para-hydroxylation sites is 1. The van der Waals surface area contributed by atoms with E-state index in [-0.39, 0.29) is 5.56 Å². The number of hydrogen-bond donors (Lipinski definition) is 1. The molecule has 1 heterocycles. The van der Waals surface area contributed by atoms with Gasteiger partial charge in [-0.1, -0.05) is 42.5 Å². The number of nitrogens with zero attached hydrogens (tertiary/aromatic N) is 3. The second-order valence-corrected chi connectivity index (χ2v) is 9.42. The highest BCUT2D eigenvalue weighted by atomic mass is 127. The number of carbonyl (C=O) groups is 1. The van der Waals surface area contributed by atoms with Gasteiger partial charge >= 0.3 is 5.97 Å². The zero-order chi connectivity index (χ0) is 23.5. The average Bonchev–Trinajstić information content (AvgIpc) is 2.81. The molecule has 4 rings (SSSR count). The first kappa shape index (κ1) is 23.4. The first-order chi connectivity index (χ1) is 15.8. The first-order valence-electron chi connectivity index (χ1n) is 9.85. The van der Waals surface area contributed by atoms with E-state index in [0.717, 1.165) is 18.3 Å². The smallest absolute Gasteiger partial charge is 0.344 e. The zero-order valence-corrected chi connectivity index (χ0v) is 21.6. The highest BCUT2D eigenvalue weighted by molar-refractivity contribution is 14.1. The molecular weight excluding hydrogens is 648 g/mol. The Kier molecular flexibility index (Phi) is 7.08. The molecule has 1 atom stereocenters. The molecule has 0 saturated carbocycles. The molecule has 0 fully saturated rings. The number of fused-ring (bicyclic) bond motifs is 1. The van der Waals surface area contributed by atoms with Crippen LogP contribution in [0.15, 0.2) is 76.6 Å². The minimum Gasteiger partial charge on any atom is -0.479 e. The molecular formula is C24H17I2N3O4. The molecule has 7 nitrogen and oxygen atoms in total. The van der Waals surface area contributed by atoms with Crippen LogP contribution in [0.3, 0.4) is 0 Å². The summed E-state index contributed by atoms with van der Waals surface area (Å²) in [4.78, 5) is 29.1. The summed E-state index contributed by atoms with van der Waals surface area (Å²) in [5.74, 6) is -0.100. The minimum atomic E-state index is -1.04. The molecule has 0 aliphatic rings. The van der Waals surface area contributed by atoms with E-state index >= 15 is 0 Å². The fourth-order valence-electron chi connectivity index (χ4n) is 3.12. The van der Waals surface area contributed by atoms with Crippen molar-refractivity contribution in [1.82, 2.24) is 9.66 Å². The van der Waals surface area contributed by atoms with Gasteiger partial charge in [0.15, 0.2) is 11.9 Å². The van der Waals surface area contributed by atoms with Crippen LogP contribution in [0.25, 0.3) is 22.3 Å². The molecule has 166 valence electrons. The first-order valence-corrected chi connectivity index (χ1v) is 12.0. The number of ether oxygens (including phenoxy) is 1. The maximum Gasteiger partial charge on any atom is 0.344 e. The van der Waals surface area contributed by atoms with Crippen molar-refractivity contribution in [2.75, 3.05) is 0 Å². The Bertz CT molecular complexity index is 1410. The molecule has 0 bridgehead atoms. The second-order valence-electron chi connectivity index (χ2n) is 7.09. The van der Waals surface area contributed by atoms with Crippen molar-refractivity contribution in [2.45, 2.75) is 13.0 Å². The van der Waals surface area contributed by atoms with Crippen molar-refractivity contribution >= 4 is 68.3 Å². The Morgan fingerprint density at radius 2 is 1.73 bits per heavy atom. The largest absolute Gasteiger partial charge is 0.479 e. The molecule has 0 aliphatic heterocycles. The summed E-state index contributed by atoms with van der Waals surface area (Å²) >= 11 is 4.18. The minimum absolute atomic E-state index is 0.268. The van der Waals surface area contributed by atoms with Gasteiger partial charge in [0.2, 0.25) is 0 Å². The number of aromatic nitrogens is 2. The number of halogens is 2. The van der Waals surface area contributed by atoms with E-state index in [1.807, 2.05) is 48.5 Å². The van der Waals surface area contributed by atoms with Crippen molar-refractivity contribution < 1.29 is 14.6 Å². The second kappa shape index (κ2) is 10.00. The van der Waals surface area contributed by atoms with Gasteiger partial charge in [-0.15, -0.1) is 0 Å². The van der Waals surface area contributed by atoms with Crippen molar-refractivity contribution in [3.63, 3.8) is 0 Å². The van der Waals surface area contributed by atoms with Crippen LogP contribution in [0.4, 0.5) is 0 Å². The fraction of sp³-hybridized carbons (Fsp3) is 0.0833. The molecule has 1 N–H and O–H groups in total. The Hall–Kier alpha value is -2.80. The number of rotatable bonds is 6. The summed E-state index contributed by atoms with van der Waals surface area (Å²) in [5, 5.41) is 14.1. The van der Waals surface area contributed by atoms with Crippen LogP contribution in [-0.4, -0.2) is 33.1 Å². The molecule has 0 unspecified atom stereocenters. The van der Waals surface area contributed by atoms with Crippen molar-refractivity contribution in [3.05, 3.63) is 89.8 Å². The standard InChI is InChI=1S/C24H17I2N3O4/c1-14(24(31)32)33-21-18(25)11-15(12-19(21)26)13-27-29-22(16-7-3-2-4-8-16)28-20-10-6-5-9-17(20)23(29)30/h2-14H,1H3,(H,31,32)/t14-/m0/s1. The normalized spacial score (nSPS) is 12.2. The van der Waals surface area contributed by atoms with Crippen LogP contribution in [0.1, 0.15) is 12.5 Å². The third-order valence-electron chi connectivity index (χ3n) is 4.77. The van der Waals surface area contributed by atoms with E-state index in [1.165, 1.54) is 11.6 Å². The van der Waals surface area contributed by atoms with Crippen molar-refractivity contribution in [1.29, 1.82) is 0 Å². The van der Waals surface area contributed by atoms with Crippen molar-refractivity contribution in [3.8, 4) is 17.1 Å². The predicted octanol–water partition coefficient (Wildman–Crippen LogP) is 5.01. The van der Waals surface area contributed by atoms with Gasteiger partial charge in [0.25, 0.3) is 5.56 Å². The molecule has 0 amide bonds. The Balaban J connectivity index is 1.79. The van der Waals surface area contributed by atoms with E-state index in [9.17, 15) is 9.59 Å². The lowest BCUT2D eigenvalue weighted by molar-refractivity contribution is -0.144. The van der Waals surface area contributed by atoms with E-state index in [0.29, 0.717) is 22.5 Å². The Labute approximate surface area is 216 Å². The average molecular weight is 665 g/mol. The van der Waals surface area contributed by atoms with E-state index in [1.54, 1.807) is 24.4 Å². The quantitative estimate of drug-likeness (QED) is 0.231. The molecule has 1 aromatic heterocycles. The number of benzene rings is 3. The number of carboxylic acid groups (broad SMARTS) is 1. The number of carboxylic acids is 1. The van der Waals surface area contributed by atoms with Gasteiger partial charge < -0.3 is 9.84 Å². The third kappa shape index (κ3) is 5.08. The maximum atomic E-state index is 13.2. The van der Waals surface area contributed by atoms with Gasteiger partial charge in [-0.25, -0.2) is 9.78 Å². The van der Waals surface area contributed by atoms with E-state index in [4.69, 9.17) is 9.84 Å². The molecule has 9 heteroatoms. The SMILES string of the molecule is C[C@H](Oc1c(I)cc(C=Nn2c(-c3ccccc3)nc3ccccc3c2=O)cc1I)C(=O)O. The van der Waals surface area contributed by atoms with Gasteiger partial charge in [-0.2, -0.15) is 9.78 Å². The monoisotopic (exact) mass is 665 g/mol. The van der Waals surface area contributed by atoms with Crippen LogP contribution in [0.5, 0.6) is 5.75 Å². The summed E-state index contributed by atoms with van der Waals surface area (Å²) < 4.78 is 8.35. The summed E-state index contributed by atoms with van der Waals surface area (Å²) in [6, 6.07) is 20.2. The number of aliphatic carboxylic acids is 1. The molecule has 0 saturated heterocycles. The van der Waals surface area contributed by atoms with Crippen LogP contribution in [-0.2, 0) is 4.79 Å². The molecule has 4 aromatic rings. The third-order valence-corrected chi connectivity index (χ3v) is 6.37. The van der Waals surface area contributed by atoms with Crippen LogP contribution in [0.2, 0.25) is 0 Å². The topological polar surface area (TPSA) is 93.8 Å². The van der Waals surface area contributed by atoms with Gasteiger partial charge in [-0.05, 0) is 81.9 Å². The molecule has 0 aliphatic carbocycles. The zero-order valence-electron chi connectivity index (χ0n) is 17.3. The van der Waals surface area contributed by atoms with Crippen LogP contribution >= 0.6 is 45.2 Å². The molecule has 33 heavy (non-hydrogen) atoms. The fourth-order valence-corrected chi connectivity index (χ4v) is 5.19. The molecule has 3 aromatic carbocycles. The molecule has 0 radical (unpaired) electrons. The summed E-state index contributed by atoms with van der Waals surface area (Å²) in [7, 11) is 0. The summed E-state index contributed by atoms with van der Waals surface area (Å²) in [5.41, 5.74) is 1.84. The van der Waals surface area contributed by atoms with Crippen LogP contribution in [0, 0.1) is 7.14 Å². The van der Waals surface area contributed by atoms with Crippen LogP contribution < -0.4 is 10.3 Å². The lowest BCUT2D eigenvalue weighted by Gasteiger charge is -2.14. The van der Waals surface area contributed by atoms with Gasteiger partial charge in [0.05, 0.1) is 24.3 Å². The lowest BCUT2D eigenvalue weighted by Crippen LogP contribution is -2.23. The lowest BCUT2D eigenvalue weighted by atomic mass is 10.2. The molecule has 0 spiro atoms. The predicted molar refractivity (Wildman–Crippen MR) is 144 cm³/mol. The Morgan fingerprint density at radius 3 is 2.39 bits per heavy atom. The van der Waals surface area contributed by atoms with Gasteiger partial charge in [0, 0.05) is 5.56 Å². The number of hydrogen-bond acceptors (Lipinski definition) is 5. The maximum absolute atomic E-state index is 13.2. The van der Waals surface area contributed by atoms with Gasteiger partial charge in [-0.3, -0.25) is 4.79 Å². The summed E-state index contributed by atoms with van der Waals surface area (Å²) in [6.07, 6.45) is 0.612. The highest BCUT2D eigenvalue weighted by Crippen LogP contribution is 2.29. The highest BCUT2D eigenvalue weighted by Gasteiger charge is 2.17. The summed E-state index contributed by atoms with van der Waals surface area (Å²) in [6.45, 7) is 1.48. The van der Waals surface area contributed by atoms with E-state index < -0.39 is 12.1 Å². The van der Waals surface area contributed by atoms with Gasteiger partial charge in [0.1, 0.15) is 5.75 Å². The Morgan fingerprint density at radius 1 is 1.09 bits per heavy atom. The van der Waals surface area contributed by atoms with E-state index in [2.05, 4.69) is 55.3 Å².